The average Bonchev–Trinajstić information content (AvgIpc) is 2.94. The molecule has 88 valence electrons. The van der Waals surface area contributed by atoms with Gasteiger partial charge in [0.25, 0.3) is 0 Å². The summed E-state index contributed by atoms with van der Waals surface area (Å²) in [5, 5.41) is 8.53. The van der Waals surface area contributed by atoms with Crippen LogP contribution in [0.1, 0.15) is 25.7 Å². The van der Waals surface area contributed by atoms with Gasteiger partial charge in [0.2, 0.25) is 0 Å². The molecule has 1 fully saturated rings. The molecule has 0 saturated heterocycles. The van der Waals surface area contributed by atoms with E-state index in [1.54, 1.807) is 0 Å². The second-order valence-electron chi connectivity index (χ2n) is 4.19. The van der Waals surface area contributed by atoms with E-state index < -0.39 is 21.7 Å². The summed E-state index contributed by atoms with van der Waals surface area (Å²) in [6.07, 6.45) is 3.33. The van der Waals surface area contributed by atoms with Crippen molar-refractivity contribution in [1.29, 1.82) is 4.78 Å². The minimum Gasteiger partial charge on any atom is -0.480 e. The molecule has 0 spiro atoms. The third kappa shape index (κ3) is 5.13. The number of carboxylic acid groups (broad SMARTS) is 1. The summed E-state index contributed by atoms with van der Waals surface area (Å²) in [5.74, 6) is 0.0636. The standard InChI is InChI=1S/C9H18N2O3S/c10-8(9(12)13)4-6-15(11,14)5-3-7-1-2-7/h7-8,11H,1-6,10H2,(H,12,13)/t8-,15?/m0/s1. The third-order valence-corrected chi connectivity index (χ3v) is 4.42. The molecule has 1 unspecified atom stereocenters. The number of hydrogen-bond donors (Lipinski definition) is 3. The molecule has 1 aliphatic rings. The maximum Gasteiger partial charge on any atom is 0.320 e. The van der Waals surface area contributed by atoms with E-state index in [-0.39, 0.29) is 12.2 Å². The average molecular weight is 234 g/mol. The van der Waals surface area contributed by atoms with Crippen molar-refractivity contribution >= 4 is 15.7 Å². The molecule has 4 N–H and O–H groups in total. The van der Waals surface area contributed by atoms with Gasteiger partial charge in [0.05, 0.1) is 0 Å². The zero-order valence-corrected chi connectivity index (χ0v) is 9.46. The summed E-state index contributed by atoms with van der Waals surface area (Å²) in [6.45, 7) is 0. The lowest BCUT2D eigenvalue weighted by molar-refractivity contribution is -0.138. The van der Waals surface area contributed by atoms with Gasteiger partial charge in [0.15, 0.2) is 0 Å². The number of aliphatic carboxylic acids is 1. The van der Waals surface area contributed by atoms with Gasteiger partial charge in [-0.25, -0.2) is 4.21 Å². The highest BCUT2D eigenvalue weighted by Crippen LogP contribution is 2.32. The second-order valence-corrected chi connectivity index (χ2v) is 6.63. The lowest BCUT2D eigenvalue weighted by Crippen LogP contribution is -2.32. The highest BCUT2D eigenvalue weighted by Gasteiger charge is 2.23. The van der Waals surface area contributed by atoms with E-state index in [0.29, 0.717) is 11.7 Å². The Balaban J connectivity index is 2.25. The van der Waals surface area contributed by atoms with Gasteiger partial charge in [-0.2, -0.15) is 0 Å². The zero-order valence-electron chi connectivity index (χ0n) is 8.65. The Bertz CT molecular complexity index is 322. The van der Waals surface area contributed by atoms with Crippen LogP contribution in [0.2, 0.25) is 0 Å². The van der Waals surface area contributed by atoms with Gasteiger partial charge in [-0.15, -0.1) is 0 Å². The summed E-state index contributed by atoms with van der Waals surface area (Å²) < 4.78 is 19.2. The predicted molar refractivity (Wildman–Crippen MR) is 58.2 cm³/mol. The highest BCUT2D eigenvalue weighted by atomic mass is 32.2. The fraction of sp³-hybridized carbons (Fsp3) is 0.889. The molecule has 0 aromatic rings. The minimum absolute atomic E-state index is 0.104. The van der Waals surface area contributed by atoms with Crippen LogP contribution in [0.25, 0.3) is 0 Å². The van der Waals surface area contributed by atoms with Crippen LogP contribution in [0, 0.1) is 10.7 Å². The first kappa shape index (κ1) is 12.4. The van der Waals surface area contributed by atoms with E-state index in [9.17, 15) is 9.00 Å². The van der Waals surface area contributed by atoms with Crippen LogP contribution in [0.4, 0.5) is 0 Å². The van der Waals surface area contributed by atoms with E-state index in [0.717, 1.165) is 6.42 Å². The molecule has 1 aliphatic carbocycles. The summed E-state index contributed by atoms with van der Waals surface area (Å²) >= 11 is 0. The predicted octanol–water partition coefficient (Wildman–Crippen LogP) is 0.635. The Kier molecular flexibility index (Phi) is 4.10. The summed E-state index contributed by atoms with van der Waals surface area (Å²) in [5.41, 5.74) is 5.28. The minimum atomic E-state index is -2.61. The van der Waals surface area contributed by atoms with Crippen LogP contribution in [-0.4, -0.2) is 32.8 Å². The highest BCUT2D eigenvalue weighted by molar-refractivity contribution is 7.92. The molecule has 0 aliphatic heterocycles. The smallest absolute Gasteiger partial charge is 0.320 e. The van der Waals surface area contributed by atoms with Gasteiger partial charge in [0.1, 0.15) is 6.04 Å². The van der Waals surface area contributed by atoms with Crippen molar-refractivity contribution in [1.82, 2.24) is 0 Å². The molecule has 0 radical (unpaired) electrons. The number of rotatable bonds is 7. The van der Waals surface area contributed by atoms with E-state index in [1.807, 2.05) is 0 Å². The van der Waals surface area contributed by atoms with Gasteiger partial charge in [0, 0.05) is 21.2 Å². The lowest BCUT2D eigenvalue weighted by atomic mass is 10.2. The number of carbonyl (C=O) groups is 1. The molecule has 1 rings (SSSR count). The normalized spacial score (nSPS) is 21.9. The molecule has 0 amide bonds. The molecule has 0 aromatic carbocycles. The SMILES string of the molecule is N=S(=O)(CCC1CC1)CC[C@H](N)C(=O)O. The fourth-order valence-corrected chi connectivity index (χ4v) is 2.86. The molecular weight excluding hydrogens is 216 g/mol. The molecule has 15 heavy (non-hydrogen) atoms. The third-order valence-electron chi connectivity index (χ3n) is 2.63. The van der Waals surface area contributed by atoms with Crippen molar-refractivity contribution in [3.8, 4) is 0 Å². The van der Waals surface area contributed by atoms with Crippen LogP contribution >= 0.6 is 0 Å². The number of hydrogen-bond acceptors (Lipinski definition) is 4. The van der Waals surface area contributed by atoms with E-state index >= 15 is 0 Å². The lowest BCUT2D eigenvalue weighted by Gasteiger charge is -2.09. The molecule has 6 heteroatoms. The number of nitrogens with two attached hydrogens (primary N) is 1. The van der Waals surface area contributed by atoms with Gasteiger partial charge >= 0.3 is 5.97 Å². The van der Waals surface area contributed by atoms with Crippen LogP contribution in [-0.2, 0) is 14.5 Å². The first-order valence-electron chi connectivity index (χ1n) is 5.13. The summed E-state index contributed by atoms with van der Waals surface area (Å²) in [7, 11) is -2.61. The summed E-state index contributed by atoms with van der Waals surface area (Å²) in [6, 6.07) is -0.989. The maximum absolute atomic E-state index is 11.7. The summed E-state index contributed by atoms with van der Waals surface area (Å²) in [4.78, 5) is 10.4. The van der Waals surface area contributed by atoms with Crippen LogP contribution < -0.4 is 5.73 Å². The Morgan fingerprint density at radius 3 is 2.60 bits per heavy atom. The van der Waals surface area contributed by atoms with Crippen molar-refractivity contribution < 1.29 is 14.1 Å². The Labute approximate surface area is 90.0 Å². The van der Waals surface area contributed by atoms with E-state index in [1.165, 1.54) is 12.8 Å². The van der Waals surface area contributed by atoms with Crippen LogP contribution in [0.3, 0.4) is 0 Å². The Morgan fingerprint density at radius 2 is 2.13 bits per heavy atom. The number of carboxylic acids is 1. The van der Waals surface area contributed by atoms with Crippen molar-refractivity contribution in [2.75, 3.05) is 11.5 Å². The second kappa shape index (κ2) is 4.94. The van der Waals surface area contributed by atoms with Crippen LogP contribution in [0.15, 0.2) is 0 Å². The van der Waals surface area contributed by atoms with Gasteiger partial charge in [-0.3, -0.25) is 9.57 Å². The van der Waals surface area contributed by atoms with Crippen molar-refractivity contribution in [3.63, 3.8) is 0 Å². The molecular formula is C9H18N2O3S. The molecule has 0 aromatic heterocycles. The first-order valence-corrected chi connectivity index (χ1v) is 7.03. The molecule has 2 atom stereocenters. The van der Waals surface area contributed by atoms with E-state index in [4.69, 9.17) is 15.6 Å². The fourth-order valence-electron chi connectivity index (χ4n) is 1.31. The Hall–Kier alpha value is -0.620. The molecule has 5 nitrogen and oxygen atoms in total. The largest absolute Gasteiger partial charge is 0.480 e. The first-order chi connectivity index (χ1) is 6.91. The van der Waals surface area contributed by atoms with Gasteiger partial charge in [-0.1, -0.05) is 12.8 Å². The maximum atomic E-state index is 11.7. The molecule has 0 bridgehead atoms. The molecule has 0 heterocycles. The quantitative estimate of drug-likeness (QED) is 0.601. The van der Waals surface area contributed by atoms with Gasteiger partial charge < -0.3 is 10.8 Å². The van der Waals surface area contributed by atoms with Crippen molar-refractivity contribution in [2.24, 2.45) is 11.7 Å². The molecule has 1 saturated carbocycles. The van der Waals surface area contributed by atoms with E-state index in [2.05, 4.69) is 0 Å². The van der Waals surface area contributed by atoms with Crippen molar-refractivity contribution in [3.05, 3.63) is 0 Å². The van der Waals surface area contributed by atoms with Crippen molar-refractivity contribution in [2.45, 2.75) is 31.7 Å². The zero-order chi connectivity index (χ0) is 11.5. The monoisotopic (exact) mass is 234 g/mol. The van der Waals surface area contributed by atoms with Gasteiger partial charge in [-0.05, 0) is 18.8 Å². The van der Waals surface area contributed by atoms with Crippen LogP contribution in [0.5, 0.6) is 0 Å². The number of nitrogens with one attached hydrogen (secondary N) is 1. The topological polar surface area (TPSA) is 104 Å². The Morgan fingerprint density at radius 1 is 1.53 bits per heavy atom.